The Morgan fingerprint density at radius 3 is 1.47 bits per heavy atom. The lowest BCUT2D eigenvalue weighted by Crippen LogP contribution is -2.29. The summed E-state index contributed by atoms with van der Waals surface area (Å²) >= 11 is 0. The molecular formula is C11H18O4-2. The molecule has 4 nitrogen and oxygen atoms in total. The maximum atomic E-state index is 10.4. The monoisotopic (exact) mass is 214 g/mol. The third-order valence-corrected chi connectivity index (χ3v) is 2.58. The van der Waals surface area contributed by atoms with Crippen molar-refractivity contribution in [1.82, 2.24) is 0 Å². The number of carboxylic acid groups (broad SMARTS) is 2. The van der Waals surface area contributed by atoms with Crippen LogP contribution in [0.3, 0.4) is 0 Å². The van der Waals surface area contributed by atoms with Crippen LogP contribution in [-0.4, -0.2) is 11.9 Å². The quantitative estimate of drug-likeness (QED) is 0.520. The van der Waals surface area contributed by atoms with Crippen molar-refractivity contribution in [2.75, 3.05) is 0 Å². The number of carbonyl (C=O) groups excluding carboxylic acids is 2. The Balaban J connectivity index is 3.40. The van der Waals surface area contributed by atoms with Gasteiger partial charge in [-0.15, -0.1) is 0 Å². The average molecular weight is 214 g/mol. The van der Waals surface area contributed by atoms with Crippen molar-refractivity contribution in [2.45, 2.75) is 46.0 Å². The summed E-state index contributed by atoms with van der Waals surface area (Å²) in [4.78, 5) is 20.7. The minimum atomic E-state index is -1.02. The van der Waals surface area contributed by atoms with Gasteiger partial charge >= 0.3 is 0 Å². The summed E-state index contributed by atoms with van der Waals surface area (Å²) in [7, 11) is 0. The van der Waals surface area contributed by atoms with Gasteiger partial charge < -0.3 is 19.8 Å². The lowest BCUT2D eigenvalue weighted by Gasteiger charge is -2.13. The molecule has 0 aromatic carbocycles. The van der Waals surface area contributed by atoms with E-state index in [9.17, 15) is 19.8 Å². The van der Waals surface area contributed by atoms with Crippen LogP contribution in [-0.2, 0) is 9.59 Å². The third-order valence-electron chi connectivity index (χ3n) is 2.58. The van der Waals surface area contributed by atoms with Crippen molar-refractivity contribution in [3.63, 3.8) is 0 Å². The van der Waals surface area contributed by atoms with Crippen molar-refractivity contribution < 1.29 is 19.8 Å². The molecule has 0 rings (SSSR count). The van der Waals surface area contributed by atoms with Gasteiger partial charge in [-0.2, -0.15) is 0 Å². The van der Waals surface area contributed by atoms with Crippen LogP contribution in [0.15, 0.2) is 0 Å². The van der Waals surface area contributed by atoms with Crippen LogP contribution in [0.5, 0.6) is 0 Å². The highest BCUT2D eigenvalue weighted by molar-refractivity contribution is 5.67. The van der Waals surface area contributed by atoms with Crippen molar-refractivity contribution >= 4 is 11.9 Å². The number of aliphatic carboxylic acids is 2. The van der Waals surface area contributed by atoms with Crippen LogP contribution in [0, 0.1) is 11.8 Å². The second-order valence-electron chi connectivity index (χ2n) is 4.08. The largest absolute Gasteiger partial charge is 0.550 e. The zero-order valence-electron chi connectivity index (χ0n) is 9.32. The molecule has 88 valence electrons. The SMILES string of the molecule is C[C@H](CCCCC[C@@H](C)C(=O)[O-])C(=O)[O-]. The van der Waals surface area contributed by atoms with E-state index in [0.29, 0.717) is 12.8 Å². The molecule has 0 aliphatic rings. The lowest BCUT2D eigenvalue weighted by atomic mass is 9.99. The number of carboxylic acids is 2. The second kappa shape index (κ2) is 7.26. The number of rotatable bonds is 8. The molecule has 0 fully saturated rings. The van der Waals surface area contributed by atoms with E-state index >= 15 is 0 Å². The first-order chi connectivity index (χ1) is 6.95. The normalized spacial score (nSPS) is 14.5. The van der Waals surface area contributed by atoms with Crippen LogP contribution >= 0.6 is 0 Å². The molecule has 0 radical (unpaired) electrons. The molecule has 0 amide bonds. The lowest BCUT2D eigenvalue weighted by molar-refractivity contribution is -0.312. The molecule has 0 unspecified atom stereocenters. The molecule has 0 saturated heterocycles. The summed E-state index contributed by atoms with van der Waals surface area (Å²) in [5.74, 6) is -2.86. The molecule has 4 heteroatoms. The van der Waals surface area contributed by atoms with Gasteiger partial charge in [0.25, 0.3) is 0 Å². The molecule has 0 aromatic heterocycles. The first-order valence-electron chi connectivity index (χ1n) is 5.37. The summed E-state index contributed by atoms with van der Waals surface area (Å²) in [5.41, 5.74) is 0. The van der Waals surface area contributed by atoms with Crippen molar-refractivity contribution in [3.8, 4) is 0 Å². The molecule has 2 atom stereocenters. The standard InChI is InChI=1S/C11H20O4/c1-8(10(12)13)6-4-3-5-7-9(2)11(14)15/h8-9H,3-7H2,1-2H3,(H,12,13)(H,14,15)/p-2/t8-,9-/m1/s1. The van der Waals surface area contributed by atoms with E-state index in [-0.39, 0.29) is 0 Å². The van der Waals surface area contributed by atoms with Gasteiger partial charge in [-0.1, -0.05) is 33.1 Å². The topological polar surface area (TPSA) is 80.3 Å². The van der Waals surface area contributed by atoms with Crippen LogP contribution < -0.4 is 10.2 Å². The molecule has 0 aliphatic heterocycles. The molecule has 0 N–H and O–H groups in total. The van der Waals surface area contributed by atoms with Crippen molar-refractivity contribution in [1.29, 1.82) is 0 Å². The van der Waals surface area contributed by atoms with Crippen LogP contribution in [0.25, 0.3) is 0 Å². The number of hydrogen-bond donors (Lipinski definition) is 0. The number of hydrogen-bond acceptors (Lipinski definition) is 4. The number of carbonyl (C=O) groups is 2. The van der Waals surface area contributed by atoms with E-state index < -0.39 is 23.8 Å². The maximum Gasteiger partial charge on any atom is 0.0442 e. The van der Waals surface area contributed by atoms with E-state index in [1.807, 2.05) is 0 Å². The smallest absolute Gasteiger partial charge is 0.0442 e. The van der Waals surface area contributed by atoms with E-state index in [0.717, 1.165) is 19.3 Å². The van der Waals surface area contributed by atoms with Gasteiger partial charge in [0, 0.05) is 11.9 Å². The molecule has 0 heterocycles. The van der Waals surface area contributed by atoms with Crippen molar-refractivity contribution in [2.24, 2.45) is 11.8 Å². The minimum absolute atomic E-state index is 0.413. The summed E-state index contributed by atoms with van der Waals surface area (Å²) < 4.78 is 0. The summed E-state index contributed by atoms with van der Waals surface area (Å²) in [5, 5.41) is 20.7. The molecule has 15 heavy (non-hydrogen) atoms. The molecular weight excluding hydrogens is 196 g/mol. The van der Waals surface area contributed by atoms with Crippen LogP contribution in [0.2, 0.25) is 0 Å². The highest BCUT2D eigenvalue weighted by Crippen LogP contribution is 2.12. The summed E-state index contributed by atoms with van der Waals surface area (Å²) in [6.45, 7) is 3.25. The Morgan fingerprint density at radius 2 is 1.20 bits per heavy atom. The van der Waals surface area contributed by atoms with Gasteiger partial charge in [-0.05, 0) is 24.7 Å². The van der Waals surface area contributed by atoms with Gasteiger partial charge in [0.15, 0.2) is 0 Å². The molecule has 0 saturated carbocycles. The summed E-state index contributed by atoms with van der Waals surface area (Å²) in [6, 6.07) is 0. The molecule has 0 bridgehead atoms. The Hall–Kier alpha value is -1.06. The van der Waals surface area contributed by atoms with Gasteiger partial charge in [0.2, 0.25) is 0 Å². The Labute approximate surface area is 90.3 Å². The van der Waals surface area contributed by atoms with Gasteiger partial charge in [-0.25, -0.2) is 0 Å². The fraction of sp³-hybridized carbons (Fsp3) is 0.818. The second-order valence-corrected chi connectivity index (χ2v) is 4.08. The zero-order valence-corrected chi connectivity index (χ0v) is 9.32. The fourth-order valence-electron chi connectivity index (χ4n) is 1.31. The summed E-state index contributed by atoms with van der Waals surface area (Å²) in [6.07, 6.45) is 3.66. The highest BCUT2D eigenvalue weighted by atomic mass is 16.4. The van der Waals surface area contributed by atoms with E-state index in [4.69, 9.17) is 0 Å². The number of unbranched alkanes of at least 4 members (excludes halogenated alkanes) is 2. The molecule has 0 aliphatic carbocycles. The Bertz CT molecular complexity index is 191. The first-order valence-corrected chi connectivity index (χ1v) is 5.37. The average Bonchev–Trinajstić information content (AvgIpc) is 2.16. The van der Waals surface area contributed by atoms with Crippen LogP contribution in [0.1, 0.15) is 46.0 Å². The maximum absolute atomic E-state index is 10.4. The van der Waals surface area contributed by atoms with Crippen molar-refractivity contribution in [3.05, 3.63) is 0 Å². The minimum Gasteiger partial charge on any atom is -0.550 e. The Morgan fingerprint density at radius 1 is 0.867 bits per heavy atom. The fourth-order valence-corrected chi connectivity index (χ4v) is 1.31. The van der Waals surface area contributed by atoms with Gasteiger partial charge in [-0.3, -0.25) is 0 Å². The highest BCUT2D eigenvalue weighted by Gasteiger charge is 2.04. The first kappa shape index (κ1) is 13.9. The van der Waals surface area contributed by atoms with E-state index in [2.05, 4.69) is 0 Å². The predicted octanol–water partition coefficient (Wildman–Crippen LogP) is -0.291. The Kier molecular flexibility index (Phi) is 6.75. The van der Waals surface area contributed by atoms with Gasteiger partial charge in [0.05, 0.1) is 0 Å². The predicted molar refractivity (Wildman–Crippen MR) is 51.4 cm³/mol. The van der Waals surface area contributed by atoms with Crippen LogP contribution in [0.4, 0.5) is 0 Å². The molecule has 0 aromatic rings. The van der Waals surface area contributed by atoms with E-state index in [1.54, 1.807) is 13.8 Å². The third kappa shape index (κ3) is 6.94. The van der Waals surface area contributed by atoms with Gasteiger partial charge in [0.1, 0.15) is 0 Å². The van der Waals surface area contributed by atoms with E-state index in [1.165, 1.54) is 0 Å². The molecule has 0 spiro atoms. The zero-order chi connectivity index (χ0) is 11.8.